The molecule has 0 heterocycles. The van der Waals surface area contributed by atoms with Gasteiger partial charge >= 0.3 is 0 Å². The minimum Gasteiger partial charge on any atom is -0.271 e. The molecule has 0 aliphatic rings. The normalized spacial score (nSPS) is 12.4. The van der Waals surface area contributed by atoms with E-state index in [1.807, 2.05) is 31.2 Å². The number of hydrogen-bond donors (Lipinski definition) is 2. The van der Waals surface area contributed by atoms with Gasteiger partial charge in [0.2, 0.25) is 0 Å². The van der Waals surface area contributed by atoms with Crippen molar-refractivity contribution < 1.29 is 13.2 Å². The summed E-state index contributed by atoms with van der Waals surface area (Å²) in [6.07, 6.45) is 0. The fourth-order valence-corrected chi connectivity index (χ4v) is 2.82. The van der Waals surface area contributed by atoms with Crippen LogP contribution in [0.1, 0.15) is 17.2 Å². The van der Waals surface area contributed by atoms with Crippen molar-refractivity contribution in [3.63, 3.8) is 0 Å². The first-order chi connectivity index (χ1) is 10.0. The molecule has 2 rings (SSSR count). The molecule has 21 heavy (non-hydrogen) atoms. The number of hydrogen-bond acceptors (Lipinski definition) is 3. The molecule has 0 aromatic heterocycles. The summed E-state index contributed by atoms with van der Waals surface area (Å²) in [5, 5.41) is 0. The Hall–Kier alpha value is -1.50. The number of rotatable bonds is 5. The van der Waals surface area contributed by atoms with Gasteiger partial charge in [0, 0.05) is 16.2 Å². The third kappa shape index (κ3) is 3.78. The second-order valence-electron chi connectivity index (χ2n) is 4.61. The van der Waals surface area contributed by atoms with Gasteiger partial charge in [-0.05, 0) is 25.1 Å². The van der Waals surface area contributed by atoms with E-state index in [1.165, 1.54) is 17.8 Å². The van der Waals surface area contributed by atoms with Gasteiger partial charge < -0.3 is 0 Å². The second kappa shape index (κ2) is 6.98. The van der Waals surface area contributed by atoms with Crippen LogP contribution in [0.5, 0.6) is 0 Å². The molecule has 2 aromatic carbocycles. The predicted molar refractivity (Wildman–Crippen MR) is 78.3 cm³/mol. The Morgan fingerprint density at radius 1 is 1.05 bits per heavy atom. The lowest BCUT2D eigenvalue weighted by Gasteiger charge is -2.17. The molecule has 0 saturated carbocycles. The molecule has 0 aliphatic heterocycles. The minimum atomic E-state index is -1.48. The molecule has 2 aromatic rings. The Balaban J connectivity index is 2.13. The van der Waals surface area contributed by atoms with Gasteiger partial charge in [-0.2, -0.15) is 0 Å². The van der Waals surface area contributed by atoms with Crippen molar-refractivity contribution in [2.75, 3.05) is 5.75 Å². The van der Waals surface area contributed by atoms with Crippen LogP contribution < -0.4 is 11.3 Å². The van der Waals surface area contributed by atoms with E-state index in [-0.39, 0.29) is 5.56 Å². The fraction of sp³-hybridized carbons (Fsp3) is 0.200. The van der Waals surface area contributed by atoms with Gasteiger partial charge in [0.25, 0.3) is 0 Å². The van der Waals surface area contributed by atoms with Crippen molar-refractivity contribution in [3.8, 4) is 0 Å². The topological polar surface area (TPSA) is 38.0 Å². The Bertz CT molecular complexity index is 617. The molecular weight excluding hydrogens is 297 g/mol. The number of nitrogens with one attached hydrogen (secondary N) is 1. The van der Waals surface area contributed by atoms with Gasteiger partial charge in [0.1, 0.15) is 0 Å². The number of benzene rings is 2. The molecule has 0 saturated heterocycles. The second-order valence-corrected chi connectivity index (χ2v) is 5.70. The van der Waals surface area contributed by atoms with E-state index in [0.717, 1.165) is 16.5 Å². The van der Waals surface area contributed by atoms with Gasteiger partial charge in [-0.1, -0.05) is 23.8 Å². The van der Waals surface area contributed by atoms with Gasteiger partial charge in [-0.25, -0.2) is 13.2 Å². The van der Waals surface area contributed by atoms with Crippen molar-refractivity contribution in [1.82, 2.24) is 5.43 Å². The summed E-state index contributed by atoms with van der Waals surface area (Å²) in [6, 6.07) is 9.29. The van der Waals surface area contributed by atoms with Crippen LogP contribution in [0.25, 0.3) is 0 Å². The van der Waals surface area contributed by atoms with Crippen LogP contribution in [0.15, 0.2) is 41.3 Å². The summed E-state index contributed by atoms with van der Waals surface area (Å²) < 4.78 is 40.0. The minimum absolute atomic E-state index is 0.0102. The maximum atomic E-state index is 13.8. The first-order valence-corrected chi connectivity index (χ1v) is 7.30. The highest BCUT2D eigenvalue weighted by Gasteiger charge is 2.20. The number of thioether (sulfide) groups is 1. The Morgan fingerprint density at radius 2 is 1.71 bits per heavy atom. The van der Waals surface area contributed by atoms with E-state index in [4.69, 9.17) is 5.84 Å². The highest BCUT2D eigenvalue weighted by Crippen LogP contribution is 2.27. The van der Waals surface area contributed by atoms with Crippen LogP contribution >= 0.6 is 11.8 Å². The number of nitrogens with two attached hydrogens (primary N) is 1. The zero-order valence-corrected chi connectivity index (χ0v) is 12.2. The average molecular weight is 312 g/mol. The standard InChI is InChI=1S/C15H15F3N2S/c1-9-2-4-10(5-3-9)21-8-13(20-19)11-6-7-12(16)15(18)14(11)17/h2-7,13,20H,8,19H2,1H3. The Morgan fingerprint density at radius 3 is 2.33 bits per heavy atom. The van der Waals surface area contributed by atoms with Crippen molar-refractivity contribution in [1.29, 1.82) is 0 Å². The number of hydrazine groups is 1. The lowest BCUT2D eigenvalue weighted by molar-refractivity contribution is 0.431. The molecule has 6 heteroatoms. The van der Waals surface area contributed by atoms with Gasteiger partial charge in [-0.15, -0.1) is 11.8 Å². The van der Waals surface area contributed by atoms with E-state index in [1.54, 1.807) is 0 Å². The van der Waals surface area contributed by atoms with E-state index in [0.29, 0.717) is 5.75 Å². The van der Waals surface area contributed by atoms with Crippen LogP contribution in [-0.4, -0.2) is 5.75 Å². The molecule has 0 aliphatic carbocycles. The molecule has 1 atom stereocenters. The molecule has 0 spiro atoms. The highest BCUT2D eigenvalue weighted by molar-refractivity contribution is 7.99. The van der Waals surface area contributed by atoms with Crippen LogP contribution in [0.4, 0.5) is 13.2 Å². The monoisotopic (exact) mass is 312 g/mol. The largest absolute Gasteiger partial charge is 0.271 e. The Kier molecular flexibility index (Phi) is 5.27. The zero-order chi connectivity index (χ0) is 15.4. The first kappa shape index (κ1) is 15.9. The van der Waals surface area contributed by atoms with E-state index >= 15 is 0 Å². The van der Waals surface area contributed by atoms with Gasteiger partial charge in [-0.3, -0.25) is 11.3 Å². The fourth-order valence-electron chi connectivity index (χ4n) is 1.85. The number of aryl methyl sites for hydroxylation is 1. The van der Waals surface area contributed by atoms with Crippen LogP contribution in [0, 0.1) is 24.4 Å². The summed E-state index contributed by atoms with van der Waals surface area (Å²) in [7, 11) is 0. The van der Waals surface area contributed by atoms with Gasteiger partial charge in [0.05, 0.1) is 6.04 Å². The van der Waals surface area contributed by atoms with E-state index < -0.39 is 23.5 Å². The summed E-state index contributed by atoms with van der Waals surface area (Å²) in [4.78, 5) is 0.990. The van der Waals surface area contributed by atoms with Gasteiger partial charge in [0.15, 0.2) is 17.5 Å². The molecule has 3 N–H and O–H groups in total. The van der Waals surface area contributed by atoms with Crippen molar-refractivity contribution >= 4 is 11.8 Å². The van der Waals surface area contributed by atoms with E-state index in [9.17, 15) is 13.2 Å². The summed E-state index contributed by atoms with van der Waals surface area (Å²) in [6.45, 7) is 1.98. The quantitative estimate of drug-likeness (QED) is 0.382. The molecule has 0 amide bonds. The van der Waals surface area contributed by atoms with Crippen molar-refractivity contribution in [3.05, 3.63) is 65.0 Å². The van der Waals surface area contributed by atoms with Crippen molar-refractivity contribution in [2.24, 2.45) is 5.84 Å². The van der Waals surface area contributed by atoms with Crippen LogP contribution in [0.2, 0.25) is 0 Å². The molecule has 0 fully saturated rings. The molecule has 2 nitrogen and oxygen atoms in total. The zero-order valence-electron chi connectivity index (χ0n) is 11.4. The smallest absolute Gasteiger partial charge is 0.194 e. The Labute approximate surface area is 125 Å². The molecular formula is C15H15F3N2S. The maximum Gasteiger partial charge on any atom is 0.194 e. The van der Waals surface area contributed by atoms with Crippen LogP contribution in [-0.2, 0) is 0 Å². The maximum absolute atomic E-state index is 13.8. The lowest BCUT2D eigenvalue weighted by atomic mass is 10.1. The third-order valence-electron chi connectivity index (χ3n) is 3.08. The SMILES string of the molecule is Cc1ccc(SCC(NN)c2ccc(F)c(F)c2F)cc1. The van der Waals surface area contributed by atoms with Crippen LogP contribution in [0.3, 0.4) is 0 Å². The molecule has 1 unspecified atom stereocenters. The van der Waals surface area contributed by atoms with Crippen molar-refractivity contribution in [2.45, 2.75) is 17.9 Å². The first-order valence-electron chi connectivity index (χ1n) is 6.32. The summed E-state index contributed by atoms with van der Waals surface area (Å²) in [5.74, 6) is 1.90. The highest BCUT2D eigenvalue weighted by atomic mass is 32.2. The lowest BCUT2D eigenvalue weighted by Crippen LogP contribution is -2.30. The molecule has 0 radical (unpaired) electrons. The average Bonchev–Trinajstić information content (AvgIpc) is 2.49. The number of halogens is 3. The summed E-state index contributed by atoms with van der Waals surface area (Å²) >= 11 is 1.45. The predicted octanol–water partition coefficient (Wildman–Crippen LogP) is 3.71. The molecule has 0 bridgehead atoms. The summed E-state index contributed by atoms with van der Waals surface area (Å²) in [5.41, 5.74) is 3.59. The van der Waals surface area contributed by atoms with E-state index in [2.05, 4.69) is 5.43 Å². The molecule has 112 valence electrons. The third-order valence-corrected chi connectivity index (χ3v) is 4.18.